The molecule has 0 aliphatic carbocycles. The maximum Gasteiger partial charge on any atom is 0.260 e. The van der Waals surface area contributed by atoms with Crippen LogP contribution in [0.1, 0.15) is 0 Å². The Morgan fingerprint density at radius 2 is 2.00 bits per heavy atom. The van der Waals surface area contributed by atoms with Gasteiger partial charge in [-0.05, 0) is 24.0 Å². The molecule has 1 amide bonds. The molecule has 1 aromatic carbocycles. The number of carbonyl (C=O) groups excluding carboxylic acids is 1. The predicted octanol–water partition coefficient (Wildman–Crippen LogP) is 1.02. The van der Waals surface area contributed by atoms with E-state index in [4.69, 9.17) is 4.74 Å². The summed E-state index contributed by atoms with van der Waals surface area (Å²) in [6, 6.07) is 3.04. The Bertz CT molecular complexity index is 512. The van der Waals surface area contributed by atoms with E-state index in [0.29, 0.717) is 11.8 Å². The van der Waals surface area contributed by atoms with Gasteiger partial charge in [0.1, 0.15) is 5.82 Å². The number of rotatable bonds is 3. The first-order valence-corrected chi connectivity index (χ1v) is 6.70. The van der Waals surface area contributed by atoms with Crippen LogP contribution < -0.4 is 10.1 Å². The lowest BCUT2D eigenvalue weighted by Gasteiger charge is -2.17. The Morgan fingerprint density at radius 3 is 2.65 bits per heavy atom. The SMILES string of the molecule is O=C(COc1ccc(F)cc1F)N1C[C@H]2CNC[C@H]2C1. The molecule has 2 aliphatic rings. The van der Waals surface area contributed by atoms with Gasteiger partial charge in [-0.3, -0.25) is 4.79 Å². The van der Waals surface area contributed by atoms with Gasteiger partial charge in [-0.1, -0.05) is 0 Å². The van der Waals surface area contributed by atoms with Crippen molar-refractivity contribution in [2.24, 2.45) is 11.8 Å². The number of hydrogen-bond donors (Lipinski definition) is 1. The fraction of sp³-hybridized carbons (Fsp3) is 0.500. The fourth-order valence-electron chi connectivity index (χ4n) is 2.88. The number of hydrogen-bond acceptors (Lipinski definition) is 3. The second-order valence-corrected chi connectivity index (χ2v) is 5.34. The van der Waals surface area contributed by atoms with Crippen LogP contribution in [0.4, 0.5) is 8.78 Å². The van der Waals surface area contributed by atoms with Crippen molar-refractivity contribution in [3.8, 4) is 5.75 Å². The van der Waals surface area contributed by atoms with Crippen LogP contribution in [0.2, 0.25) is 0 Å². The van der Waals surface area contributed by atoms with Crippen molar-refractivity contribution in [3.63, 3.8) is 0 Å². The second kappa shape index (κ2) is 5.36. The van der Waals surface area contributed by atoms with Gasteiger partial charge in [-0.15, -0.1) is 0 Å². The quantitative estimate of drug-likeness (QED) is 0.900. The first-order chi connectivity index (χ1) is 9.63. The van der Waals surface area contributed by atoms with Crippen LogP contribution in [0.3, 0.4) is 0 Å². The van der Waals surface area contributed by atoms with Crippen molar-refractivity contribution in [1.29, 1.82) is 0 Å². The van der Waals surface area contributed by atoms with Crippen LogP contribution in [0.25, 0.3) is 0 Å². The van der Waals surface area contributed by atoms with Crippen molar-refractivity contribution in [3.05, 3.63) is 29.8 Å². The third-order valence-corrected chi connectivity index (χ3v) is 3.99. The minimum atomic E-state index is -0.791. The van der Waals surface area contributed by atoms with Gasteiger partial charge in [0.05, 0.1) is 0 Å². The topological polar surface area (TPSA) is 41.6 Å². The summed E-state index contributed by atoms with van der Waals surface area (Å²) in [4.78, 5) is 13.8. The zero-order valence-electron chi connectivity index (χ0n) is 10.9. The van der Waals surface area contributed by atoms with Gasteiger partial charge in [-0.2, -0.15) is 0 Å². The highest BCUT2D eigenvalue weighted by Crippen LogP contribution is 2.26. The Balaban J connectivity index is 1.54. The van der Waals surface area contributed by atoms with Crippen LogP contribution in [-0.2, 0) is 4.79 Å². The van der Waals surface area contributed by atoms with E-state index in [1.165, 1.54) is 6.07 Å². The molecule has 2 heterocycles. The molecule has 0 unspecified atom stereocenters. The van der Waals surface area contributed by atoms with Crippen LogP contribution in [-0.4, -0.2) is 43.6 Å². The molecule has 20 heavy (non-hydrogen) atoms. The highest BCUT2D eigenvalue weighted by atomic mass is 19.1. The first-order valence-electron chi connectivity index (χ1n) is 6.70. The molecular weight excluding hydrogens is 266 g/mol. The van der Waals surface area contributed by atoms with Gasteiger partial charge in [-0.25, -0.2) is 8.78 Å². The van der Waals surface area contributed by atoms with Crippen molar-refractivity contribution in [1.82, 2.24) is 10.2 Å². The molecule has 1 aromatic rings. The Morgan fingerprint density at radius 1 is 1.30 bits per heavy atom. The van der Waals surface area contributed by atoms with E-state index < -0.39 is 11.6 Å². The number of fused-ring (bicyclic) bond motifs is 1. The third kappa shape index (κ3) is 2.60. The lowest BCUT2D eigenvalue weighted by atomic mass is 10.0. The Hall–Kier alpha value is -1.69. The van der Waals surface area contributed by atoms with E-state index in [1.807, 2.05) is 0 Å². The standard InChI is InChI=1S/C14H16F2N2O2/c15-11-1-2-13(12(16)3-11)20-8-14(19)18-6-9-4-17-5-10(9)7-18/h1-3,9-10,17H,4-8H2/t9-,10+. The van der Waals surface area contributed by atoms with E-state index in [9.17, 15) is 13.6 Å². The summed E-state index contributed by atoms with van der Waals surface area (Å²) in [5.74, 6) is -0.673. The first kappa shape index (κ1) is 13.3. The molecule has 1 N–H and O–H groups in total. The molecule has 0 radical (unpaired) electrons. The molecule has 0 aromatic heterocycles. The number of nitrogens with zero attached hydrogens (tertiary/aromatic N) is 1. The van der Waals surface area contributed by atoms with Crippen molar-refractivity contribution in [2.75, 3.05) is 32.8 Å². The molecule has 2 atom stereocenters. The van der Waals surface area contributed by atoms with Crippen molar-refractivity contribution < 1.29 is 18.3 Å². The average Bonchev–Trinajstić information content (AvgIpc) is 2.98. The number of benzene rings is 1. The van der Waals surface area contributed by atoms with Crippen molar-refractivity contribution >= 4 is 5.91 Å². The van der Waals surface area contributed by atoms with Gasteiger partial charge in [0.25, 0.3) is 5.91 Å². The number of carbonyl (C=O) groups is 1. The highest BCUT2D eigenvalue weighted by molar-refractivity contribution is 5.78. The predicted molar refractivity (Wildman–Crippen MR) is 68.3 cm³/mol. The summed E-state index contributed by atoms with van der Waals surface area (Å²) in [6.07, 6.45) is 0. The zero-order chi connectivity index (χ0) is 14.1. The molecule has 2 fully saturated rings. The normalized spacial score (nSPS) is 24.8. The maximum atomic E-state index is 13.4. The molecule has 6 heteroatoms. The van der Waals surface area contributed by atoms with Gasteiger partial charge >= 0.3 is 0 Å². The van der Waals surface area contributed by atoms with E-state index in [1.54, 1.807) is 4.90 Å². The number of nitrogens with one attached hydrogen (secondary N) is 1. The molecule has 0 saturated carbocycles. The Labute approximate surface area is 115 Å². The molecule has 3 rings (SSSR count). The lowest BCUT2D eigenvalue weighted by molar-refractivity contribution is -0.132. The number of amides is 1. The molecule has 4 nitrogen and oxygen atoms in total. The summed E-state index contributed by atoms with van der Waals surface area (Å²) in [7, 11) is 0. The summed E-state index contributed by atoms with van der Waals surface area (Å²) in [6.45, 7) is 3.14. The third-order valence-electron chi connectivity index (χ3n) is 3.99. The second-order valence-electron chi connectivity index (χ2n) is 5.34. The Kier molecular flexibility index (Phi) is 3.56. The number of halogens is 2. The van der Waals surface area contributed by atoms with Gasteiger partial charge in [0, 0.05) is 32.2 Å². The summed E-state index contributed by atoms with van der Waals surface area (Å²) < 4.78 is 31.3. The largest absolute Gasteiger partial charge is 0.481 e. The molecule has 2 aliphatic heterocycles. The van der Waals surface area contributed by atoms with Crippen LogP contribution in [0, 0.1) is 23.5 Å². The highest BCUT2D eigenvalue weighted by Gasteiger charge is 2.38. The molecule has 0 spiro atoms. The van der Waals surface area contributed by atoms with Gasteiger partial charge in [0.2, 0.25) is 0 Å². The maximum absolute atomic E-state index is 13.4. The number of ether oxygens (including phenoxy) is 1. The molecule has 2 saturated heterocycles. The smallest absolute Gasteiger partial charge is 0.260 e. The molecular formula is C14H16F2N2O2. The van der Waals surface area contributed by atoms with Crippen LogP contribution in [0.15, 0.2) is 18.2 Å². The monoisotopic (exact) mass is 282 g/mol. The van der Waals surface area contributed by atoms with Crippen molar-refractivity contribution in [2.45, 2.75) is 0 Å². The summed E-state index contributed by atoms with van der Waals surface area (Å²) >= 11 is 0. The number of likely N-dealkylation sites (tertiary alicyclic amines) is 1. The van der Waals surface area contributed by atoms with Gasteiger partial charge < -0.3 is 15.0 Å². The fourth-order valence-corrected chi connectivity index (χ4v) is 2.88. The minimum absolute atomic E-state index is 0.0965. The summed E-state index contributed by atoms with van der Waals surface area (Å²) in [5, 5.41) is 3.30. The molecule has 0 bridgehead atoms. The van der Waals surface area contributed by atoms with E-state index in [2.05, 4.69) is 5.32 Å². The van der Waals surface area contributed by atoms with Crippen LogP contribution in [0.5, 0.6) is 5.75 Å². The zero-order valence-corrected chi connectivity index (χ0v) is 10.9. The average molecular weight is 282 g/mol. The molecule has 108 valence electrons. The van der Waals surface area contributed by atoms with E-state index >= 15 is 0 Å². The van der Waals surface area contributed by atoms with E-state index in [0.717, 1.165) is 38.3 Å². The lowest BCUT2D eigenvalue weighted by Crippen LogP contribution is -2.35. The van der Waals surface area contributed by atoms with Crippen LogP contribution >= 0.6 is 0 Å². The van der Waals surface area contributed by atoms with Gasteiger partial charge in [0.15, 0.2) is 18.2 Å². The van der Waals surface area contributed by atoms with E-state index in [-0.39, 0.29) is 18.3 Å². The minimum Gasteiger partial charge on any atom is -0.481 e. The summed E-state index contributed by atoms with van der Waals surface area (Å²) in [5.41, 5.74) is 0.